The highest BCUT2D eigenvalue weighted by Crippen LogP contribution is 2.39. The van der Waals surface area contributed by atoms with Crippen molar-refractivity contribution in [2.75, 3.05) is 31.0 Å². The van der Waals surface area contributed by atoms with E-state index in [1.807, 2.05) is 6.07 Å². The number of hydrogen-bond acceptors (Lipinski definition) is 9. The Morgan fingerprint density at radius 2 is 1.62 bits per heavy atom. The Morgan fingerprint density at radius 3 is 2.23 bits per heavy atom. The molecule has 1 aliphatic heterocycles. The van der Waals surface area contributed by atoms with E-state index in [0.29, 0.717) is 5.56 Å². The van der Waals surface area contributed by atoms with E-state index in [1.165, 1.54) is 13.2 Å². The maximum absolute atomic E-state index is 14.1. The molecule has 3 N–H and O–H groups in total. The first-order chi connectivity index (χ1) is 22.2. The van der Waals surface area contributed by atoms with Gasteiger partial charge in [0.1, 0.15) is 23.7 Å². The number of aromatic nitrogens is 1. The maximum atomic E-state index is 14.1. The molecular weight excluding hydrogens is 618 g/mol. The van der Waals surface area contributed by atoms with Crippen molar-refractivity contribution in [1.29, 1.82) is 0 Å². The molecule has 2 fully saturated rings. The first kappa shape index (κ1) is 35.5. The predicted octanol–water partition coefficient (Wildman–Crippen LogP) is 5.71. The van der Waals surface area contributed by atoms with Crippen LogP contribution in [-0.2, 0) is 40.6 Å². The number of benzene rings is 1. The van der Waals surface area contributed by atoms with Gasteiger partial charge in [-0.3, -0.25) is 14.9 Å². The fraction of sp³-hybridized carbons (Fsp3) is 0.545. The van der Waals surface area contributed by atoms with E-state index < -0.39 is 65.8 Å². The van der Waals surface area contributed by atoms with Gasteiger partial charge in [0.05, 0.1) is 18.5 Å². The number of hydrogen-bond donors (Lipinski definition) is 3. The summed E-state index contributed by atoms with van der Waals surface area (Å²) in [5.41, 5.74) is -1.00. The van der Waals surface area contributed by atoms with Gasteiger partial charge < -0.3 is 29.6 Å². The third kappa shape index (κ3) is 9.60. The second-order valence-electron chi connectivity index (χ2n) is 12.8. The molecule has 1 aromatic heterocycles. The molecule has 2 aromatic rings. The van der Waals surface area contributed by atoms with Crippen molar-refractivity contribution in [2.45, 2.75) is 88.9 Å². The summed E-state index contributed by atoms with van der Waals surface area (Å²) in [6, 6.07) is 10.6. The second-order valence-corrected chi connectivity index (χ2v) is 12.8. The maximum Gasteiger partial charge on any atom is 0.412 e. The van der Waals surface area contributed by atoms with E-state index >= 15 is 0 Å². The lowest BCUT2D eigenvalue weighted by Crippen LogP contribution is -2.50. The van der Waals surface area contributed by atoms with Gasteiger partial charge in [0.25, 0.3) is 0 Å². The van der Waals surface area contributed by atoms with E-state index in [-0.39, 0.29) is 62.7 Å². The van der Waals surface area contributed by atoms with Crippen molar-refractivity contribution in [3.8, 4) is 0 Å². The number of amides is 3. The van der Waals surface area contributed by atoms with Crippen LogP contribution in [0.25, 0.3) is 0 Å². The average molecular weight is 661 g/mol. The molecule has 47 heavy (non-hydrogen) atoms. The largest absolute Gasteiger partial charge is 0.468 e. The molecule has 2 aliphatic rings. The number of carbonyl (C=O) groups is 4. The van der Waals surface area contributed by atoms with Crippen molar-refractivity contribution in [2.24, 2.45) is 5.92 Å². The van der Waals surface area contributed by atoms with Crippen molar-refractivity contribution >= 4 is 35.6 Å². The molecule has 2 heterocycles. The first-order valence-corrected chi connectivity index (χ1v) is 15.5. The average Bonchev–Trinajstić information content (AvgIpc) is 3.03. The summed E-state index contributed by atoms with van der Waals surface area (Å²) in [5.74, 6) is -4.98. The highest BCUT2D eigenvalue weighted by molar-refractivity contribution is 6.00. The lowest BCUT2D eigenvalue weighted by Gasteiger charge is -2.34. The van der Waals surface area contributed by atoms with Crippen LogP contribution in [0.15, 0.2) is 42.5 Å². The Bertz CT molecular complexity index is 1420. The number of rotatable bonds is 9. The molecule has 0 bridgehead atoms. The topological polar surface area (TPSA) is 154 Å². The SMILES string of the molecule is COC(=O)C1(c2ccc(NC(=O)OC(C)(C)C)c(NC(=O)C(NC(=O)OCc3ccccc3)C3CCC(F)(F)CC3)n2)CCOCC1. The zero-order chi connectivity index (χ0) is 34.2. The van der Waals surface area contributed by atoms with Crippen molar-refractivity contribution in [3.63, 3.8) is 0 Å². The van der Waals surface area contributed by atoms with E-state index in [1.54, 1.807) is 51.1 Å². The fourth-order valence-corrected chi connectivity index (χ4v) is 5.69. The number of esters is 1. The van der Waals surface area contributed by atoms with Crippen LogP contribution in [0.5, 0.6) is 0 Å². The zero-order valence-corrected chi connectivity index (χ0v) is 27.0. The number of anilines is 2. The van der Waals surface area contributed by atoms with Gasteiger partial charge in [0.2, 0.25) is 11.8 Å². The summed E-state index contributed by atoms with van der Waals surface area (Å²) in [5, 5.41) is 7.80. The Hall–Kier alpha value is -4.33. The molecule has 1 saturated heterocycles. The van der Waals surface area contributed by atoms with Crippen LogP contribution < -0.4 is 16.0 Å². The number of halogens is 2. The molecule has 1 aliphatic carbocycles. The Morgan fingerprint density at radius 1 is 0.957 bits per heavy atom. The molecule has 12 nitrogen and oxygen atoms in total. The summed E-state index contributed by atoms with van der Waals surface area (Å²) in [4.78, 5) is 57.3. The minimum absolute atomic E-state index is 0.0357. The molecule has 1 atom stereocenters. The number of ether oxygens (including phenoxy) is 4. The van der Waals surface area contributed by atoms with Crippen LogP contribution in [0, 0.1) is 5.92 Å². The first-order valence-electron chi connectivity index (χ1n) is 15.5. The van der Waals surface area contributed by atoms with Crippen molar-refractivity contribution in [1.82, 2.24) is 10.3 Å². The van der Waals surface area contributed by atoms with Crippen LogP contribution in [0.1, 0.15) is 70.6 Å². The minimum Gasteiger partial charge on any atom is -0.468 e. The van der Waals surface area contributed by atoms with Gasteiger partial charge in [0.15, 0.2) is 5.82 Å². The molecule has 1 aromatic carbocycles. The number of nitrogens with one attached hydrogen (secondary N) is 3. The second kappa shape index (κ2) is 15.1. The number of pyridine rings is 1. The number of nitrogens with zero attached hydrogens (tertiary/aromatic N) is 1. The van der Waals surface area contributed by atoms with Crippen LogP contribution in [0.4, 0.5) is 29.9 Å². The highest BCUT2D eigenvalue weighted by Gasteiger charge is 2.45. The number of alkyl carbamates (subject to hydrolysis) is 1. The summed E-state index contributed by atoms with van der Waals surface area (Å²) in [6.45, 7) is 5.50. The fourth-order valence-electron chi connectivity index (χ4n) is 5.69. The summed E-state index contributed by atoms with van der Waals surface area (Å²) in [6.07, 6.45) is -2.20. The monoisotopic (exact) mass is 660 g/mol. The van der Waals surface area contributed by atoms with E-state index in [4.69, 9.17) is 18.9 Å². The van der Waals surface area contributed by atoms with Crippen molar-refractivity contribution < 1.29 is 46.9 Å². The molecule has 4 rings (SSSR count). The van der Waals surface area contributed by atoms with Crippen LogP contribution >= 0.6 is 0 Å². The van der Waals surface area contributed by atoms with Gasteiger partial charge in [-0.1, -0.05) is 30.3 Å². The van der Waals surface area contributed by atoms with E-state index in [0.717, 1.165) is 0 Å². The number of carbonyl (C=O) groups excluding carboxylic acids is 4. The van der Waals surface area contributed by atoms with Crippen molar-refractivity contribution in [3.05, 3.63) is 53.7 Å². The Kier molecular flexibility index (Phi) is 11.4. The van der Waals surface area contributed by atoms with Gasteiger partial charge >= 0.3 is 18.2 Å². The lowest BCUT2D eigenvalue weighted by molar-refractivity contribution is -0.151. The zero-order valence-electron chi connectivity index (χ0n) is 27.0. The summed E-state index contributed by atoms with van der Waals surface area (Å²) >= 11 is 0. The van der Waals surface area contributed by atoms with E-state index in [2.05, 4.69) is 20.9 Å². The number of alkyl halides is 2. The van der Waals surface area contributed by atoms with Gasteiger partial charge in [0, 0.05) is 26.1 Å². The molecule has 0 radical (unpaired) electrons. The Labute approximate surface area is 272 Å². The summed E-state index contributed by atoms with van der Waals surface area (Å²) < 4.78 is 49.5. The molecule has 14 heteroatoms. The van der Waals surface area contributed by atoms with Gasteiger partial charge in [-0.2, -0.15) is 0 Å². The normalized spacial score (nSPS) is 18.3. The van der Waals surface area contributed by atoms with Crippen LogP contribution in [0.2, 0.25) is 0 Å². The molecule has 256 valence electrons. The highest BCUT2D eigenvalue weighted by atomic mass is 19.3. The third-order valence-corrected chi connectivity index (χ3v) is 8.19. The molecular formula is C33H42F2N4O8. The standard InChI is InChI=1S/C33H42F2N4O8/c1-31(2,3)47-30(43)36-23-10-11-24(32(28(41)44-4)16-18-45-19-17-32)37-26(23)39-27(40)25(22-12-14-33(34,35)15-13-22)38-29(42)46-20-21-8-6-5-7-9-21/h5-11,22,25H,12-20H2,1-4H3,(H,36,43)(H,38,42)(H,37,39,40). The van der Waals surface area contributed by atoms with Gasteiger partial charge in [-0.15, -0.1) is 0 Å². The Balaban J connectivity index is 1.65. The minimum atomic E-state index is -2.88. The lowest BCUT2D eigenvalue weighted by atomic mass is 9.77. The van der Waals surface area contributed by atoms with Crippen LogP contribution in [0.3, 0.4) is 0 Å². The molecule has 3 amide bonds. The molecule has 1 saturated carbocycles. The summed E-state index contributed by atoms with van der Waals surface area (Å²) in [7, 11) is 1.27. The van der Waals surface area contributed by atoms with Gasteiger partial charge in [-0.05, 0) is 70.1 Å². The van der Waals surface area contributed by atoms with E-state index in [9.17, 15) is 28.0 Å². The quantitative estimate of drug-likeness (QED) is 0.227. The molecule has 0 spiro atoms. The van der Waals surface area contributed by atoms with Crippen LogP contribution in [-0.4, -0.2) is 66.9 Å². The predicted molar refractivity (Wildman–Crippen MR) is 167 cm³/mol. The smallest absolute Gasteiger partial charge is 0.412 e. The molecule has 1 unspecified atom stereocenters. The third-order valence-electron chi connectivity index (χ3n) is 8.19. The van der Waals surface area contributed by atoms with Gasteiger partial charge in [-0.25, -0.2) is 23.4 Å². The number of methoxy groups -OCH3 is 1.